The monoisotopic (exact) mass is 279 g/mol. The maximum Gasteiger partial charge on any atom is 0.100 e. The second-order valence-electron chi connectivity index (χ2n) is 4.42. The molecule has 0 radical (unpaired) electrons. The Hall–Kier alpha value is -1.05. The van der Waals surface area contributed by atoms with E-state index in [1.165, 1.54) is 0 Å². The molecule has 1 atom stereocenters. The van der Waals surface area contributed by atoms with Gasteiger partial charge in [-0.05, 0) is 54.0 Å². The fourth-order valence-electron chi connectivity index (χ4n) is 1.96. The van der Waals surface area contributed by atoms with E-state index in [1.807, 2.05) is 18.2 Å². The van der Waals surface area contributed by atoms with Crippen molar-refractivity contribution in [1.29, 1.82) is 5.26 Å². The van der Waals surface area contributed by atoms with Crippen LogP contribution in [0.3, 0.4) is 0 Å². The van der Waals surface area contributed by atoms with Crippen LogP contribution in [0.4, 0.5) is 5.69 Å². The Morgan fingerprint density at radius 2 is 2.38 bits per heavy atom. The van der Waals surface area contributed by atoms with Gasteiger partial charge in [0.15, 0.2) is 0 Å². The third-order valence-electron chi connectivity index (χ3n) is 2.90. The van der Waals surface area contributed by atoms with Crippen LogP contribution in [0.5, 0.6) is 0 Å². The number of rotatable bonds is 2. The number of nitrogens with one attached hydrogen (secondary N) is 2. The van der Waals surface area contributed by atoms with E-state index in [0.29, 0.717) is 5.56 Å². The highest BCUT2D eigenvalue weighted by Crippen LogP contribution is 2.25. The number of hydrogen-bond donors (Lipinski definition) is 2. The van der Waals surface area contributed by atoms with Gasteiger partial charge in [0.05, 0.1) is 5.56 Å². The number of anilines is 1. The van der Waals surface area contributed by atoms with Crippen LogP contribution in [0.15, 0.2) is 22.7 Å². The van der Waals surface area contributed by atoms with Crippen molar-refractivity contribution in [1.82, 2.24) is 5.32 Å². The molecule has 1 aliphatic rings. The standard InChI is InChI=1S/C12H14BrN3/c1-12(4-5-15-8-12)16-10-3-2-9(7-14)11(13)6-10/h2-3,6,15-16H,4-5,8H2,1H3. The van der Waals surface area contributed by atoms with Crippen molar-refractivity contribution >= 4 is 21.6 Å². The van der Waals surface area contributed by atoms with Crippen LogP contribution in [0.25, 0.3) is 0 Å². The molecular formula is C12H14BrN3. The predicted molar refractivity (Wildman–Crippen MR) is 68.4 cm³/mol. The van der Waals surface area contributed by atoms with E-state index in [9.17, 15) is 0 Å². The van der Waals surface area contributed by atoms with Crippen LogP contribution in [0.1, 0.15) is 18.9 Å². The van der Waals surface area contributed by atoms with Crippen molar-refractivity contribution in [2.75, 3.05) is 18.4 Å². The Balaban J connectivity index is 2.16. The van der Waals surface area contributed by atoms with E-state index in [0.717, 1.165) is 29.7 Å². The molecule has 2 N–H and O–H groups in total. The summed E-state index contributed by atoms with van der Waals surface area (Å²) in [7, 11) is 0. The van der Waals surface area contributed by atoms with E-state index in [-0.39, 0.29) is 5.54 Å². The van der Waals surface area contributed by atoms with Crippen molar-refractivity contribution in [3.8, 4) is 6.07 Å². The van der Waals surface area contributed by atoms with Crippen molar-refractivity contribution in [3.63, 3.8) is 0 Å². The number of benzene rings is 1. The van der Waals surface area contributed by atoms with E-state index < -0.39 is 0 Å². The second-order valence-corrected chi connectivity index (χ2v) is 5.27. The fourth-order valence-corrected chi connectivity index (χ4v) is 2.42. The minimum absolute atomic E-state index is 0.119. The molecule has 0 saturated carbocycles. The first-order valence-corrected chi connectivity index (χ1v) is 6.11. The summed E-state index contributed by atoms with van der Waals surface area (Å²) in [6.07, 6.45) is 1.12. The minimum atomic E-state index is 0.119. The lowest BCUT2D eigenvalue weighted by atomic mass is 10.0. The first kappa shape index (κ1) is 11.4. The number of halogens is 1. The van der Waals surface area contributed by atoms with Gasteiger partial charge in [-0.15, -0.1) is 0 Å². The highest BCUT2D eigenvalue weighted by atomic mass is 79.9. The van der Waals surface area contributed by atoms with Gasteiger partial charge < -0.3 is 10.6 Å². The highest BCUT2D eigenvalue weighted by molar-refractivity contribution is 9.10. The Morgan fingerprint density at radius 1 is 1.56 bits per heavy atom. The predicted octanol–water partition coefficient (Wildman–Crippen LogP) is 2.48. The summed E-state index contributed by atoms with van der Waals surface area (Å²) < 4.78 is 0.842. The van der Waals surface area contributed by atoms with Gasteiger partial charge in [0.1, 0.15) is 6.07 Å². The molecule has 1 aliphatic heterocycles. The zero-order valence-electron chi connectivity index (χ0n) is 9.18. The van der Waals surface area contributed by atoms with Crippen LogP contribution < -0.4 is 10.6 Å². The average molecular weight is 280 g/mol. The van der Waals surface area contributed by atoms with Gasteiger partial charge >= 0.3 is 0 Å². The van der Waals surface area contributed by atoms with E-state index in [1.54, 1.807) is 0 Å². The van der Waals surface area contributed by atoms with Gasteiger partial charge in [-0.1, -0.05) is 0 Å². The summed E-state index contributed by atoms with van der Waals surface area (Å²) in [6.45, 7) is 4.24. The molecule has 16 heavy (non-hydrogen) atoms. The summed E-state index contributed by atoms with van der Waals surface area (Å²) >= 11 is 3.40. The first-order chi connectivity index (χ1) is 7.63. The Morgan fingerprint density at radius 3 is 2.94 bits per heavy atom. The third kappa shape index (κ3) is 2.37. The van der Waals surface area contributed by atoms with Crippen LogP contribution in [0.2, 0.25) is 0 Å². The SMILES string of the molecule is CC1(Nc2ccc(C#N)c(Br)c2)CCNC1. The van der Waals surface area contributed by atoms with Crippen LogP contribution in [0, 0.1) is 11.3 Å². The van der Waals surface area contributed by atoms with Gasteiger partial charge in [0.2, 0.25) is 0 Å². The van der Waals surface area contributed by atoms with Gasteiger partial charge in [0, 0.05) is 22.2 Å². The number of hydrogen-bond acceptors (Lipinski definition) is 3. The molecule has 84 valence electrons. The molecule has 1 fully saturated rings. The number of nitrogens with zero attached hydrogens (tertiary/aromatic N) is 1. The van der Waals surface area contributed by atoms with Crippen LogP contribution in [-0.2, 0) is 0 Å². The number of nitriles is 1. The molecule has 1 heterocycles. The Labute approximate surface area is 104 Å². The molecule has 2 rings (SSSR count). The lowest BCUT2D eigenvalue weighted by Gasteiger charge is -2.26. The molecule has 0 spiro atoms. The molecule has 0 bridgehead atoms. The molecule has 1 unspecified atom stereocenters. The average Bonchev–Trinajstić information content (AvgIpc) is 2.65. The van der Waals surface area contributed by atoms with E-state index >= 15 is 0 Å². The zero-order valence-corrected chi connectivity index (χ0v) is 10.8. The zero-order chi connectivity index (χ0) is 11.6. The smallest absolute Gasteiger partial charge is 0.100 e. The molecule has 3 nitrogen and oxygen atoms in total. The summed E-state index contributed by atoms with van der Waals surface area (Å²) in [5.74, 6) is 0. The maximum absolute atomic E-state index is 8.83. The highest BCUT2D eigenvalue weighted by Gasteiger charge is 2.27. The lowest BCUT2D eigenvalue weighted by molar-refractivity contribution is 0.567. The fraction of sp³-hybridized carbons (Fsp3) is 0.417. The first-order valence-electron chi connectivity index (χ1n) is 5.31. The quantitative estimate of drug-likeness (QED) is 0.875. The third-order valence-corrected chi connectivity index (χ3v) is 3.56. The summed E-state index contributed by atoms with van der Waals surface area (Å²) in [4.78, 5) is 0. The van der Waals surface area contributed by atoms with Crippen molar-refractivity contribution < 1.29 is 0 Å². The molecule has 0 aromatic heterocycles. The molecule has 0 amide bonds. The van der Waals surface area contributed by atoms with E-state index in [2.05, 4.69) is 39.6 Å². The second kappa shape index (κ2) is 4.44. The van der Waals surface area contributed by atoms with Gasteiger partial charge in [-0.2, -0.15) is 5.26 Å². The summed E-state index contributed by atoms with van der Waals surface area (Å²) in [6, 6.07) is 7.88. The van der Waals surface area contributed by atoms with Crippen molar-refractivity contribution in [2.45, 2.75) is 18.9 Å². The normalized spacial score (nSPS) is 24.1. The molecule has 1 aromatic rings. The van der Waals surface area contributed by atoms with Gasteiger partial charge in [0.25, 0.3) is 0 Å². The Bertz CT molecular complexity index is 430. The van der Waals surface area contributed by atoms with Gasteiger partial charge in [-0.25, -0.2) is 0 Å². The molecule has 1 aromatic carbocycles. The van der Waals surface area contributed by atoms with Crippen LogP contribution >= 0.6 is 15.9 Å². The van der Waals surface area contributed by atoms with Crippen molar-refractivity contribution in [3.05, 3.63) is 28.2 Å². The topological polar surface area (TPSA) is 47.9 Å². The minimum Gasteiger partial charge on any atom is -0.379 e. The van der Waals surface area contributed by atoms with E-state index in [4.69, 9.17) is 5.26 Å². The van der Waals surface area contributed by atoms with Crippen molar-refractivity contribution in [2.24, 2.45) is 0 Å². The summed E-state index contributed by atoms with van der Waals surface area (Å²) in [5.41, 5.74) is 1.84. The largest absolute Gasteiger partial charge is 0.379 e. The molecule has 0 aliphatic carbocycles. The molecular weight excluding hydrogens is 266 g/mol. The molecule has 4 heteroatoms. The Kier molecular flexibility index (Phi) is 3.17. The maximum atomic E-state index is 8.83. The lowest BCUT2D eigenvalue weighted by Crippen LogP contribution is -2.36. The molecule has 1 saturated heterocycles. The van der Waals surface area contributed by atoms with Crippen LogP contribution in [-0.4, -0.2) is 18.6 Å². The van der Waals surface area contributed by atoms with Gasteiger partial charge in [-0.3, -0.25) is 0 Å². The summed E-state index contributed by atoms with van der Waals surface area (Å²) in [5, 5.41) is 15.7.